The van der Waals surface area contributed by atoms with Crippen LogP contribution in [0.4, 0.5) is 32.6 Å². The van der Waals surface area contributed by atoms with Gasteiger partial charge in [0.15, 0.2) is 28.4 Å². The second-order valence-electron chi connectivity index (χ2n) is 8.44. The number of carbonyl (C=O) groups excluding carboxylic acids is 1. The van der Waals surface area contributed by atoms with Crippen molar-refractivity contribution in [2.45, 2.75) is 26.8 Å². The summed E-state index contributed by atoms with van der Waals surface area (Å²) in [6.07, 6.45) is 0.583. The molecular weight excluding hydrogens is 559 g/mol. The van der Waals surface area contributed by atoms with Gasteiger partial charge in [0.05, 0.1) is 41.9 Å². The number of aryl methyl sites for hydroxylation is 1. The number of esters is 1. The highest BCUT2D eigenvalue weighted by atomic mass is 32.1. The Kier molecular flexibility index (Phi) is 8.31. The highest BCUT2D eigenvalue weighted by Gasteiger charge is 2.27. The molecule has 2 aromatic carbocycles. The number of thiophene rings is 1. The minimum Gasteiger partial charge on any atom is -0.465 e. The molecule has 0 unspecified atom stereocenters. The minimum absolute atomic E-state index is 0.0789. The van der Waals surface area contributed by atoms with Crippen LogP contribution in [0, 0.1) is 42.9 Å². The first-order valence-corrected chi connectivity index (χ1v) is 12.6. The molecule has 2 heterocycles. The number of ether oxygens (including phenoxy) is 1. The van der Waals surface area contributed by atoms with Crippen molar-refractivity contribution in [3.05, 3.63) is 98.4 Å². The first-order chi connectivity index (χ1) is 18.5. The number of nitrogens with zero attached hydrogens (tertiary/aromatic N) is 2. The van der Waals surface area contributed by atoms with Crippen molar-refractivity contribution >= 4 is 45.3 Å². The molecule has 0 radical (unpaired) electrons. The predicted octanol–water partition coefficient (Wildman–Crippen LogP) is 6.49. The second kappa shape index (κ2) is 11.5. The largest absolute Gasteiger partial charge is 0.465 e. The van der Waals surface area contributed by atoms with Crippen molar-refractivity contribution in [3.8, 4) is 0 Å². The normalized spacial score (nSPS) is 11.0. The van der Waals surface area contributed by atoms with Crippen LogP contribution in [0.15, 0.2) is 36.4 Å². The quantitative estimate of drug-likeness (QED) is 0.0857. The van der Waals surface area contributed by atoms with Crippen molar-refractivity contribution in [3.63, 3.8) is 0 Å². The van der Waals surface area contributed by atoms with Gasteiger partial charge in [-0.2, -0.15) is 5.10 Å². The zero-order valence-corrected chi connectivity index (χ0v) is 22.4. The molecule has 0 spiro atoms. The molecule has 13 heteroatoms. The summed E-state index contributed by atoms with van der Waals surface area (Å²) in [6.45, 7) is 2.41. The molecule has 0 saturated carbocycles. The fourth-order valence-corrected chi connectivity index (χ4v) is 5.25. The Morgan fingerprint density at radius 1 is 1.00 bits per heavy atom. The fourth-order valence-electron chi connectivity index (χ4n) is 3.90. The number of carbonyl (C=O) groups is 1. The summed E-state index contributed by atoms with van der Waals surface area (Å²) in [7, 11) is 1.27. The minimum atomic E-state index is -2.23. The van der Waals surface area contributed by atoms with E-state index in [4.69, 9.17) is 17.0 Å². The molecule has 0 fully saturated rings. The Bertz CT molecular complexity index is 1540. The lowest BCUT2D eigenvalue weighted by molar-refractivity contribution is 0.0602. The van der Waals surface area contributed by atoms with Crippen molar-refractivity contribution in [1.82, 2.24) is 9.78 Å². The average molecular weight is 581 g/mol. The van der Waals surface area contributed by atoms with E-state index in [1.165, 1.54) is 18.4 Å². The summed E-state index contributed by atoms with van der Waals surface area (Å²) in [6, 6.07) is 11.4. The summed E-state index contributed by atoms with van der Waals surface area (Å²) >= 11 is 6.74. The Morgan fingerprint density at radius 2 is 1.62 bits per heavy atom. The molecule has 6 nitrogen and oxygen atoms in total. The smallest absolute Gasteiger partial charge is 0.340 e. The number of anilines is 2. The number of aromatic nitrogens is 2. The van der Waals surface area contributed by atoms with E-state index in [2.05, 4.69) is 15.7 Å². The van der Waals surface area contributed by atoms with Crippen molar-refractivity contribution in [1.29, 1.82) is 0 Å². The number of halogens is 5. The van der Waals surface area contributed by atoms with Crippen LogP contribution in [0.25, 0.3) is 0 Å². The number of rotatable bonds is 7. The first-order valence-electron chi connectivity index (χ1n) is 11.4. The molecule has 0 aliphatic heterocycles. The summed E-state index contributed by atoms with van der Waals surface area (Å²) in [5, 5.41) is 10.6. The van der Waals surface area contributed by atoms with Gasteiger partial charge in [0, 0.05) is 11.3 Å². The maximum Gasteiger partial charge on any atom is 0.340 e. The van der Waals surface area contributed by atoms with Crippen LogP contribution in [-0.2, 0) is 17.7 Å². The number of benzene rings is 2. The van der Waals surface area contributed by atoms with Crippen LogP contribution in [-0.4, -0.2) is 28.0 Å². The molecule has 4 aromatic rings. The molecule has 2 aromatic heterocycles. The van der Waals surface area contributed by atoms with E-state index in [0.29, 0.717) is 28.5 Å². The maximum atomic E-state index is 14.2. The summed E-state index contributed by atoms with van der Waals surface area (Å²) in [5.74, 6) is -10.7. The van der Waals surface area contributed by atoms with E-state index in [1.807, 2.05) is 30.3 Å². The highest BCUT2D eigenvalue weighted by Crippen LogP contribution is 2.31. The third-order valence-corrected chi connectivity index (χ3v) is 7.12. The average Bonchev–Trinajstić information content (AvgIpc) is 3.43. The van der Waals surface area contributed by atoms with Gasteiger partial charge < -0.3 is 15.4 Å². The molecule has 4 rings (SSSR count). The molecule has 0 bridgehead atoms. The van der Waals surface area contributed by atoms with Crippen molar-refractivity contribution < 1.29 is 31.5 Å². The van der Waals surface area contributed by atoms with E-state index in [9.17, 15) is 26.7 Å². The molecule has 0 aliphatic rings. The molecule has 204 valence electrons. The summed E-state index contributed by atoms with van der Waals surface area (Å²) < 4.78 is 75.1. The van der Waals surface area contributed by atoms with Gasteiger partial charge in [-0.3, -0.25) is 4.68 Å². The topological polar surface area (TPSA) is 68.2 Å². The molecule has 0 aliphatic carbocycles. The summed E-state index contributed by atoms with van der Waals surface area (Å²) in [5.41, 5.74) is 1.35. The zero-order chi connectivity index (χ0) is 28.4. The third kappa shape index (κ3) is 5.78. The van der Waals surface area contributed by atoms with Gasteiger partial charge in [-0.05, 0) is 37.7 Å². The molecular formula is C26H21F5N4O2S2. The lowest BCUT2D eigenvalue weighted by atomic mass is 10.1. The molecule has 0 amide bonds. The number of hydrogen-bond donors (Lipinski definition) is 2. The van der Waals surface area contributed by atoms with Crippen molar-refractivity contribution in [2.24, 2.45) is 0 Å². The zero-order valence-electron chi connectivity index (χ0n) is 20.8. The Hall–Kier alpha value is -3.84. The second-order valence-corrected chi connectivity index (χ2v) is 9.99. The third-order valence-electron chi connectivity index (χ3n) is 5.87. The van der Waals surface area contributed by atoms with Crippen molar-refractivity contribution in [2.75, 3.05) is 17.7 Å². The van der Waals surface area contributed by atoms with Gasteiger partial charge in [0.1, 0.15) is 5.00 Å². The van der Waals surface area contributed by atoms with Gasteiger partial charge in [-0.15, -0.1) is 11.3 Å². The van der Waals surface area contributed by atoms with Crippen LogP contribution >= 0.6 is 23.6 Å². The van der Waals surface area contributed by atoms with Gasteiger partial charge in [0.2, 0.25) is 5.82 Å². The van der Waals surface area contributed by atoms with Gasteiger partial charge in [-0.25, -0.2) is 26.7 Å². The van der Waals surface area contributed by atoms with E-state index >= 15 is 0 Å². The van der Waals surface area contributed by atoms with Gasteiger partial charge >= 0.3 is 5.97 Å². The number of hydrogen-bond acceptors (Lipinski definition) is 5. The Labute approximate surface area is 229 Å². The van der Waals surface area contributed by atoms with Crippen LogP contribution in [0.1, 0.15) is 37.7 Å². The van der Waals surface area contributed by atoms with Gasteiger partial charge in [-0.1, -0.05) is 30.3 Å². The monoisotopic (exact) mass is 580 g/mol. The van der Waals surface area contributed by atoms with Crippen LogP contribution in [0.2, 0.25) is 0 Å². The van der Waals surface area contributed by atoms with E-state index in [1.54, 1.807) is 19.9 Å². The molecule has 0 saturated heterocycles. The van der Waals surface area contributed by atoms with Gasteiger partial charge in [0.25, 0.3) is 0 Å². The van der Waals surface area contributed by atoms with E-state index < -0.39 is 47.2 Å². The van der Waals surface area contributed by atoms with Crippen LogP contribution < -0.4 is 10.6 Å². The lowest BCUT2D eigenvalue weighted by Crippen LogP contribution is -2.20. The molecule has 0 atom stereocenters. The first kappa shape index (κ1) is 28.2. The Morgan fingerprint density at radius 3 is 2.23 bits per heavy atom. The predicted molar refractivity (Wildman–Crippen MR) is 142 cm³/mol. The van der Waals surface area contributed by atoms with E-state index in [0.717, 1.165) is 15.1 Å². The number of nitrogens with one attached hydrogen (secondary N) is 2. The number of thiocarbonyl (C=S) groups is 1. The summed E-state index contributed by atoms with van der Waals surface area (Å²) in [4.78, 5) is 13.3. The molecule has 2 N–H and O–H groups in total. The maximum absolute atomic E-state index is 14.2. The fraction of sp³-hybridized carbons (Fsp3) is 0.192. The van der Waals surface area contributed by atoms with Crippen LogP contribution in [0.5, 0.6) is 0 Å². The van der Waals surface area contributed by atoms with E-state index in [-0.39, 0.29) is 10.7 Å². The molecule has 39 heavy (non-hydrogen) atoms. The lowest BCUT2D eigenvalue weighted by Gasteiger charge is -2.12. The Balaban J connectivity index is 1.56. The standard InChI is InChI=1S/C26H21F5N4O2S2/c1-12-23(13(2)35(34-12)11-17-18(27)20(29)22(31)21(30)19(17)28)32-26(38)33-24-16(25(36)37-3)10-15(39-24)9-14-7-5-4-6-8-14/h4-8,10H,9,11H2,1-3H3,(H2,32,33,38). The number of methoxy groups -OCH3 is 1. The van der Waals surface area contributed by atoms with Crippen LogP contribution in [0.3, 0.4) is 0 Å². The highest BCUT2D eigenvalue weighted by molar-refractivity contribution is 7.80. The SMILES string of the molecule is COC(=O)c1cc(Cc2ccccc2)sc1NC(=S)Nc1c(C)nn(Cc2c(F)c(F)c(F)c(F)c2F)c1C.